The maximum atomic E-state index is 6.18. The fourth-order valence-corrected chi connectivity index (χ4v) is 3.31. The monoisotopic (exact) mass is 356 g/mol. The molecule has 20 heavy (non-hydrogen) atoms. The molecule has 2 aromatic rings. The Balaban J connectivity index is 1.92. The van der Waals surface area contributed by atoms with Crippen molar-refractivity contribution in [2.75, 3.05) is 6.61 Å². The van der Waals surface area contributed by atoms with E-state index in [-0.39, 0.29) is 6.04 Å². The van der Waals surface area contributed by atoms with Gasteiger partial charge in [-0.05, 0) is 51.7 Å². The van der Waals surface area contributed by atoms with Gasteiger partial charge in [0.1, 0.15) is 5.75 Å². The molecule has 3 rings (SSSR count). The lowest BCUT2D eigenvalue weighted by molar-refractivity contribution is 0.351. The van der Waals surface area contributed by atoms with E-state index < -0.39 is 0 Å². The second-order valence-electron chi connectivity index (χ2n) is 4.72. The first-order chi connectivity index (χ1) is 9.69. The van der Waals surface area contributed by atoms with E-state index in [1.54, 1.807) is 6.26 Å². The van der Waals surface area contributed by atoms with Gasteiger partial charge < -0.3 is 9.15 Å². The molecule has 0 fully saturated rings. The highest BCUT2D eigenvalue weighted by Gasteiger charge is 2.22. The van der Waals surface area contributed by atoms with Gasteiger partial charge in [0.05, 0.1) is 18.9 Å². The van der Waals surface area contributed by atoms with Crippen molar-refractivity contribution in [3.8, 4) is 5.75 Å². The predicted octanol–water partition coefficient (Wildman–Crippen LogP) is 3.38. The van der Waals surface area contributed by atoms with Crippen LogP contribution in [0, 0.1) is 0 Å². The molecule has 1 aromatic heterocycles. The van der Waals surface area contributed by atoms with Gasteiger partial charge in [-0.15, -0.1) is 0 Å². The molecule has 0 amide bonds. The van der Waals surface area contributed by atoms with Gasteiger partial charge in [0, 0.05) is 17.0 Å². The molecule has 6 heteroatoms. The van der Waals surface area contributed by atoms with Crippen LogP contribution in [0.15, 0.2) is 33.5 Å². The molecule has 0 bridgehead atoms. The zero-order valence-electron chi connectivity index (χ0n) is 10.7. The fourth-order valence-electron chi connectivity index (χ4n) is 2.53. The Morgan fingerprint density at radius 2 is 2.30 bits per heavy atom. The largest absolute Gasteiger partial charge is 0.493 e. The number of hydrazine groups is 1. The lowest BCUT2D eigenvalue weighted by Gasteiger charge is -2.17. The summed E-state index contributed by atoms with van der Waals surface area (Å²) < 4.78 is 11.7. The standard InChI is InChI=1S/C14H14BrClN2O2/c15-14-11(2-4-20-14)12(18-17)7-9-6-10(16)5-8-1-3-19-13(8)9/h2,4-6,12,18H,1,3,7,17H2. The summed E-state index contributed by atoms with van der Waals surface area (Å²) >= 11 is 9.55. The number of fused-ring (bicyclic) bond motifs is 1. The van der Waals surface area contributed by atoms with Crippen LogP contribution >= 0.6 is 27.5 Å². The average Bonchev–Trinajstić information content (AvgIpc) is 3.04. The molecule has 1 atom stereocenters. The number of rotatable bonds is 4. The predicted molar refractivity (Wildman–Crippen MR) is 80.8 cm³/mol. The SMILES string of the molecule is NNC(Cc1cc(Cl)cc2c1OCC2)c1ccoc1Br. The first-order valence-electron chi connectivity index (χ1n) is 6.32. The highest BCUT2D eigenvalue weighted by atomic mass is 79.9. The van der Waals surface area contributed by atoms with Crippen molar-refractivity contribution in [2.45, 2.75) is 18.9 Å². The Bertz CT molecular complexity index is 630. The summed E-state index contributed by atoms with van der Waals surface area (Å²) in [5.41, 5.74) is 6.01. The Hall–Kier alpha value is -1.01. The maximum absolute atomic E-state index is 6.18. The molecular weight excluding hydrogens is 344 g/mol. The van der Waals surface area contributed by atoms with E-state index in [9.17, 15) is 0 Å². The smallest absolute Gasteiger partial charge is 0.173 e. The van der Waals surface area contributed by atoms with Crippen LogP contribution in [0.25, 0.3) is 0 Å². The molecule has 0 saturated carbocycles. The first-order valence-corrected chi connectivity index (χ1v) is 7.49. The topological polar surface area (TPSA) is 60.4 Å². The summed E-state index contributed by atoms with van der Waals surface area (Å²) in [6.07, 6.45) is 3.21. The van der Waals surface area contributed by atoms with E-state index in [0.717, 1.165) is 33.9 Å². The van der Waals surface area contributed by atoms with Gasteiger partial charge in [0.2, 0.25) is 0 Å². The molecule has 1 aliphatic heterocycles. The Kier molecular flexibility index (Phi) is 4.03. The molecule has 0 aliphatic carbocycles. The second kappa shape index (κ2) is 5.77. The van der Waals surface area contributed by atoms with Crippen LogP contribution in [-0.2, 0) is 12.8 Å². The van der Waals surface area contributed by atoms with Gasteiger partial charge in [-0.1, -0.05) is 11.6 Å². The summed E-state index contributed by atoms with van der Waals surface area (Å²) in [4.78, 5) is 0. The lowest BCUT2D eigenvalue weighted by Crippen LogP contribution is -2.29. The highest BCUT2D eigenvalue weighted by molar-refractivity contribution is 9.10. The summed E-state index contributed by atoms with van der Waals surface area (Å²) in [5.74, 6) is 6.62. The van der Waals surface area contributed by atoms with E-state index in [1.807, 2.05) is 18.2 Å². The van der Waals surface area contributed by atoms with E-state index >= 15 is 0 Å². The van der Waals surface area contributed by atoms with E-state index in [4.69, 9.17) is 26.6 Å². The number of hydrogen-bond acceptors (Lipinski definition) is 4. The molecular formula is C14H14BrClN2O2. The minimum Gasteiger partial charge on any atom is -0.493 e. The van der Waals surface area contributed by atoms with Crippen LogP contribution in [0.5, 0.6) is 5.75 Å². The molecule has 0 saturated heterocycles. The van der Waals surface area contributed by atoms with Gasteiger partial charge in [0.15, 0.2) is 4.67 Å². The van der Waals surface area contributed by atoms with Crippen LogP contribution in [0.2, 0.25) is 5.02 Å². The quantitative estimate of drug-likeness (QED) is 0.650. The molecule has 0 radical (unpaired) electrons. The number of hydrogen-bond donors (Lipinski definition) is 2. The second-order valence-corrected chi connectivity index (χ2v) is 5.88. The van der Waals surface area contributed by atoms with Gasteiger partial charge in [-0.25, -0.2) is 0 Å². The van der Waals surface area contributed by atoms with Crippen molar-refractivity contribution < 1.29 is 9.15 Å². The third kappa shape index (κ3) is 2.59. The zero-order chi connectivity index (χ0) is 14.1. The van der Waals surface area contributed by atoms with Gasteiger partial charge in [-0.2, -0.15) is 0 Å². The Morgan fingerprint density at radius 3 is 3.00 bits per heavy atom. The molecule has 4 nitrogen and oxygen atoms in total. The van der Waals surface area contributed by atoms with Crippen LogP contribution in [0.1, 0.15) is 22.7 Å². The Labute approximate surface area is 130 Å². The number of nitrogens with one attached hydrogen (secondary N) is 1. The number of furan rings is 1. The Morgan fingerprint density at radius 1 is 1.45 bits per heavy atom. The molecule has 1 aromatic carbocycles. The normalized spacial score (nSPS) is 14.9. The van der Waals surface area contributed by atoms with Gasteiger partial charge >= 0.3 is 0 Å². The lowest BCUT2D eigenvalue weighted by atomic mass is 9.99. The van der Waals surface area contributed by atoms with Crippen LogP contribution < -0.4 is 16.0 Å². The van der Waals surface area contributed by atoms with Gasteiger partial charge in [0.25, 0.3) is 0 Å². The molecule has 1 aliphatic rings. The molecule has 3 N–H and O–H groups in total. The number of nitrogens with two attached hydrogens (primary N) is 1. The molecule has 106 valence electrons. The van der Waals surface area contributed by atoms with Crippen molar-refractivity contribution in [2.24, 2.45) is 5.84 Å². The maximum Gasteiger partial charge on any atom is 0.173 e. The summed E-state index contributed by atoms with van der Waals surface area (Å²) in [6.45, 7) is 0.707. The van der Waals surface area contributed by atoms with E-state index in [0.29, 0.717) is 17.7 Å². The van der Waals surface area contributed by atoms with Crippen LogP contribution in [-0.4, -0.2) is 6.61 Å². The van der Waals surface area contributed by atoms with Gasteiger partial charge in [-0.3, -0.25) is 11.3 Å². The average molecular weight is 358 g/mol. The van der Waals surface area contributed by atoms with Crippen molar-refractivity contribution >= 4 is 27.5 Å². The molecule has 0 spiro atoms. The van der Waals surface area contributed by atoms with Crippen molar-refractivity contribution in [1.82, 2.24) is 5.43 Å². The number of benzene rings is 1. The number of halogens is 2. The third-order valence-corrected chi connectivity index (χ3v) is 4.34. The summed E-state index contributed by atoms with van der Waals surface area (Å²) in [7, 11) is 0. The van der Waals surface area contributed by atoms with Crippen molar-refractivity contribution in [3.63, 3.8) is 0 Å². The summed E-state index contributed by atoms with van der Waals surface area (Å²) in [5, 5.41) is 0.728. The molecule has 1 unspecified atom stereocenters. The van der Waals surface area contributed by atoms with Crippen molar-refractivity contribution in [3.05, 3.63) is 50.8 Å². The number of ether oxygens (including phenoxy) is 1. The highest BCUT2D eigenvalue weighted by Crippen LogP contribution is 2.36. The van der Waals surface area contributed by atoms with Crippen LogP contribution in [0.3, 0.4) is 0 Å². The molecule has 2 heterocycles. The van der Waals surface area contributed by atoms with Crippen LogP contribution in [0.4, 0.5) is 0 Å². The van der Waals surface area contributed by atoms with Crippen molar-refractivity contribution in [1.29, 1.82) is 0 Å². The minimum absolute atomic E-state index is 0.0742. The van der Waals surface area contributed by atoms with E-state index in [1.165, 1.54) is 0 Å². The third-order valence-electron chi connectivity index (χ3n) is 3.47. The first kappa shape index (κ1) is 13.9. The van der Waals surface area contributed by atoms with E-state index in [2.05, 4.69) is 21.4 Å². The minimum atomic E-state index is -0.0742. The zero-order valence-corrected chi connectivity index (χ0v) is 13.0. The summed E-state index contributed by atoms with van der Waals surface area (Å²) in [6, 6.07) is 5.71. The fraction of sp³-hybridized carbons (Fsp3) is 0.286.